The first-order valence-corrected chi connectivity index (χ1v) is 6.35. The molecule has 2 bridgehead atoms. The SMILES string of the molecule is C=C1CC[C@@H]2C[C@H]1C(C)(C)CC/C=C\2C. The summed E-state index contributed by atoms with van der Waals surface area (Å²) in [6, 6.07) is 0. The summed E-state index contributed by atoms with van der Waals surface area (Å²) in [5.74, 6) is 1.61. The fourth-order valence-corrected chi connectivity index (χ4v) is 3.40. The van der Waals surface area contributed by atoms with Crippen molar-refractivity contribution in [2.45, 2.75) is 52.9 Å². The van der Waals surface area contributed by atoms with Crippen LogP contribution >= 0.6 is 0 Å². The minimum Gasteiger partial charge on any atom is -0.0996 e. The van der Waals surface area contributed by atoms with Gasteiger partial charge in [-0.3, -0.25) is 0 Å². The monoisotopic (exact) mass is 204 g/mol. The first-order valence-electron chi connectivity index (χ1n) is 6.35. The Morgan fingerprint density at radius 3 is 2.87 bits per heavy atom. The molecule has 1 saturated carbocycles. The maximum atomic E-state index is 4.31. The molecule has 2 atom stereocenters. The molecule has 1 fully saturated rings. The van der Waals surface area contributed by atoms with Gasteiger partial charge in [0.2, 0.25) is 0 Å². The standard InChI is InChI=1S/C15H24/c1-11-6-5-9-15(3,4)14-10-13(11)8-7-12(14)2/h6,13-14H,2,5,7-10H2,1,3-4H3/b11-6-/t13-,14-/m1/s1. The molecule has 0 heterocycles. The van der Waals surface area contributed by atoms with Crippen LogP contribution in [0.25, 0.3) is 0 Å². The van der Waals surface area contributed by atoms with E-state index in [-0.39, 0.29) is 0 Å². The lowest BCUT2D eigenvalue weighted by molar-refractivity contribution is 0.169. The van der Waals surface area contributed by atoms with Crippen molar-refractivity contribution >= 4 is 0 Å². The maximum Gasteiger partial charge on any atom is -0.0149 e. The molecule has 0 aromatic heterocycles. The van der Waals surface area contributed by atoms with E-state index in [1.54, 1.807) is 5.57 Å². The second kappa shape index (κ2) is 3.81. The molecule has 2 rings (SSSR count). The summed E-state index contributed by atoms with van der Waals surface area (Å²) in [4.78, 5) is 0. The smallest absolute Gasteiger partial charge is 0.0149 e. The highest BCUT2D eigenvalue weighted by atomic mass is 14.4. The van der Waals surface area contributed by atoms with Gasteiger partial charge in [-0.2, -0.15) is 0 Å². The van der Waals surface area contributed by atoms with Crippen LogP contribution < -0.4 is 0 Å². The van der Waals surface area contributed by atoms with E-state index < -0.39 is 0 Å². The highest BCUT2D eigenvalue weighted by Gasteiger charge is 2.37. The van der Waals surface area contributed by atoms with Crippen molar-refractivity contribution in [3.05, 3.63) is 23.8 Å². The summed E-state index contributed by atoms with van der Waals surface area (Å²) in [7, 11) is 0. The first kappa shape index (κ1) is 11.0. The minimum atomic E-state index is 0.465. The molecular formula is C15H24. The fraction of sp³-hybridized carbons (Fsp3) is 0.733. The van der Waals surface area contributed by atoms with Crippen LogP contribution in [0.5, 0.6) is 0 Å². The highest BCUT2D eigenvalue weighted by molar-refractivity contribution is 5.17. The number of allylic oxidation sites excluding steroid dienone is 3. The van der Waals surface area contributed by atoms with Gasteiger partial charge in [0, 0.05) is 0 Å². The molecule has 0 aromatic rings. The van der Waals surface area contributed by atoms with E-state index in [4.69, 9.17) is 0 Å². The Labute approximate surface area is 94.5 Å². The number of rotatable bonds is 0. The van der Waals surface area contributed by atoms with Crippen LogP contribution in [0.2, 0.25) is 0 Å². The number of fused-ring (bicyclic) bond motifs is 2. The lowest BCUT2D eigenvalue weighted by Gasteiger charge is -2.43. The van der Waals surface area contributed by atoms with Gasteiger partial charge in [0.05, 0.1) is 0 Å². The summed E-state index contributed by atoms with van der Waals surface area (Å²) in [5, 5.41) is 0. The lowest BCUT2D eigenvalue weighted by Crippen LogP contribution is -2.32. The van der Waals surface area contributed by atoms with Crippen molar-refractivity contribution in [1.82, 2.24) is 0 Å². The van der Waals surface area contributed by atoms with Crippen LogP contribution in [0.15, 0.2) is 23.8 Å². The Hall–Kier alpha value is -0.520. The van der Waals surface area contributed by atoms with Gasteiger partial charge in [-0.15, -0.1) is 0 Å². The van der Waals surface area contributed by atoms with Crippen molar-refractivity contribution < 1.29 is 0 Å². The molecule has 0 aliphatic heterocycles. The molecule has 0 radical (unpaired) electrons. The van der Waals surface area contributed by atoms with Gasteiger partial charge < -0.3 is 0 Å². The van der Waals surface area contributed by atoms with Crippen molar-refractivity contribution in [3.8, 4) is 0 Å². The van der Waals surface area contributed by atoms with E-state index in [1.165, 1.54) is 37.7 Å². The Balaban J connectivity index is 2.29. The third-order valence-electron chi connectivity index (χ3n) is 4.67. The van der Waals surface area contributed by atoms with Gasteiger partial charge in [0.25, 0.3) is 0 Å². The zero-order valence-corrected chi connectivity index (χ0v) is 10.5. The minimum absolute atomic E-state index is 0.465. The van der Waals surface area contributed by atoms with E-state index in [2.05, 4.69) is 33.4 Å². The quantitative estimate of drug-likeness (QED) is 0.501. The molecule has 0 unspecified atom stereocenters. The molecule has 15 heavy (non-hydrogen) atoms. The molecule has 0 heteroatoms. The third kappa shape index (κ3) is 2.04. The Morgan fingerprint density at radius 2 is 2.13 bits per heavy atom. The maximum absolute atomic E-state index is 4.31. The third-order valence-corrected chi connectivity index (χ3v) is 4.67. The van der Waals surface area contributed by atoms with Crippen molar-refractivity contribution in [2.24, 2.45) is 17.3 Å². The summed E-state index contributed by atoms with van der Waals surface area (Å²) in [6.07, 6.45) is 9.02. The second-order valence-corrected chi connectivity index (χ2v) is 6.16. The Kier molecular flexibility index (Phi) is 2.79. The van der Waals surface area contributed by atoms with Gasteiger partial charge in [-0.05, 0) is 56.3 Å². The molecule has 0 aromatic carbocycles. The molecule has 0 amide bonds. The van der Waals surface area contributed by atoms with E-state index in [9.17, 15) is 0 Å². The van der Waals surface area contributed by atoms with E-state index in [1.807, 2.05) is 0 Å². The summed E-state index contributed by atoms with van der Waals surface area (Å²) >= 11 is 0. The van der Waals surface area contributed by atoms with Gasteiger partial charge in [0.1, 0.15) is 0 Å². The molecule has 2 aliphatic rings. The fourth-order valence-electron chi connectivity index (χ4n) is 3.40. The van der Waals surface area contributed by atoms with Crippen LogP contribution in [-0.2, 0) is 0 Å². The van der Waals surface area contributed by atoms with Gasteiger partial charge in [-0.25, -0.2) is 0 Å². The van der Waals surface area contributed by atoms with Crippen LogP contribution in [0.3, 0.4) is 0 Å². The van der Waals surface area contributed by atoms with E-state index >= 15 is 0 Å². The predicted octanol–water partition coefficient (Wildman–Crippen LogP) is 4.73. The molecular weight excluding hydrogens is 180 g/mol. The zero-order chi connectivity index (χ0) is 11.1. The molecule has 0 spiro atoms. The molecule has 0 saturated heterocycles. The van der Waals surface area contributed by atoms with E-state index in [0.29, 0.717) is 5.41 Å². The molecule has 84 valence electrons. The van der Waals surface area contributed by atoms with Gasteiger partial charge >= 0.3 is 0 Å². The average Bonchev–Trinajstić information content (AvgIpc) is 2.16. The van der Waals surface area contributed by atoms with Crippen LogP contribution in [0.1, 0.15) is 52.9 Å². The summed E-state index contributed by atoms with van der Waals surface area (Å²) < 4.78 is 0. The number of hydrogen-bond donors (Lipinski definition) is 0. The van der Waals surface area contributed by atoms with Crippen LogP contribution in [-0.4, -0.2) is 0 Å². The predicted molar refractivity (Wildman–Crippen MR) is 66.7 cm³/mol. The first-order chi connectivity index (χ1) is 7.00. The Bertz CT molecular complexity index is 293. The van der Waals surface area contributed by atoms with Crippen LogP contribution in [0.4, 0.5) is 0 Å². The average molecular weight is 204 g/mol. The number of hydrogen-bond acceptors (Lipinski definition) is 0. The Morgan fingerprint density at radius 1 is 1.40 bits per heavy atom. The normalized spacial score (nSPS) is 38.9. The highest BCUT2D eigenvalue weighted by Crippen LogP contribution is 2.48. The molecule has 2 aliphatic carbocycles. The lowest BCUT2D eigenvalue weighted by atomic mass is 9.62. The molecule has 0 N–H and O–H groups in total. The summed E-state index contributed by atoms with van der Waals surface area (Å²) in [6.45, 7) is 11.5. The summed E-state index contributed by atoms with van der Waals surface area (Å²) in [5.41, 5.74) is 3.63. The van der Waals surface area contributed by atoms with Crippen LogP contribution in [0, 0.1) is 17.3 Å². The van der Waals surface area contributed by atoms with Crippen molar-refractivity contribution in [1.29, 1.82) is 0 Å². The largest absolute Gasteiger partial charge is 0.0996 e. The second-order valence-electron chi connectivity index (χ2n) is 6.16. The topological polar surface area (TPSA) is 0 Å². The van der Waals surface area contributed by atoms with Gasteiger partial charge in [0.15, 0.2) is 0 Å². The van der Waals surface area contributed by atoms with Gasteiger partial charge in [-0.1, -0.05) is 37.6 Å². The van der Waals surface area contributed by atoms with E-state index in [0.717, 1.165) is 11.8 Å². The van der Waals surface area contributed by atoms with Crippen molar-refractivity contribution in [2.75, 3.05) is 0 Å². The zero-order valence-electron chi connectivity index (χ0n) is 10.5. The molecule has 0 nitrogen and oxygen atoms in total. The van der Waals surface area contributed by atoms with Crippen molar-refractivity contribution in [3.63, 3.8) is 0 Å².